The molecule has 0 saturated heterocycles. The van der Waals surface area contributed by atoms with Crippen LogP contribution in [-0.4, -0.2) is 0 Å². The molecule has 12 rings (SSSR count). The molecule has 0 N–H and O–H groups in total. The SMILES string of the molecule is C1=Cc2c(sc3cc4c(ccc5oc6cc(-c7c8ccccc8c(-c8cccc(-c9cccc%10ccccc9%10)c8)c8ccccc78)ccc6c54)cc23)CC1. The van der Waals surface area contributed by atoms with E-state index in [4.69, 9.17) is 4.42 Å². The molecule has 0 amide bonds. The summed E-state index contributed by atoms with van der Waals surface area (Å²) in [7, 11) is 0. The molecule has 9 aromatic carbocycles. The first-order chi connectivity index (χ1) is 26.8. The van der Waals surface area contributed by atoms with Gasteiger partial charge in [-0.1, -0.05) is 133 Å². The van der Waals surface area contributed by atoms with Gasteiger partial charge in [-0.3, -0.25) is 0 Å². The minimum Gasteiger partial charge on any atom is -0.456 e. The lowest BCUT2D eigenvalue weighted by molar-refractivity contribution is 0.669. The average Bonchev–Trinajstić information content (AvgIpc) is 3.79. The molecular formula is C52H32OS. The summed E-state index contributed by atoms with van der Waals surface area (Å²) >= 11 is 1.95. The first-order valence-corrected chi connectivity index (χ1v) is 19.6. The number of hydrogen-bond acceptors (Lipinski definition) is 2. The molecule has 0 fully saturated rings. The predicted octanol–water partition coefficient (Wildman–Crippen LogP) is 15.4. The highest BCUT2D eigenvalue weighted by atomic mass is 32.1. The highest BCUT2D eigenvalue weighted by Gasteiger charge is 2.20. The molecule has 2 heteroatoms. The lowest BCUT2D eigenvalue weighted by Crippen LogP contribution is -1.91. The van der Waals surface area contributed by atoms with E-state index in [1.165, 1.54) is 96.8 Å². The summed E-state index contributed by atoms with van der Waals surface area (Å²) < 4.78 is 8.07. The third-order valence-corrected chi connectivity index (χ3v) is 12.9. The fraction of sp³-hybridized carbons (Fsp3) is 0.0385. The monoisotopic (exact) mass is 704 g/mol. The van der Waals surface area contributed by atoms with Crippen LogP contribution in [-0.2, 0) is 6.42 Å². The molecular weight excluding hydrogens is 673 g/mol. The van der Waals surface area contributed by atoms with Gasteiger partial charge in [-0.2, -0.15) is 0 Å². The van der Waals surface area contributed by atoms with Gasteiger partial charge >= 0.3 is 0 Å². The van der Waals surface area contributed by atoms with E-state index in [-0.39, 0.29) is 0 Å². The Morgan fingerprint density at radius 3 is 1.93 bits per heavy atom. The fourth-order valence-electron chi connectivity index (χ4n) is 9.27. The number of benzene rings is 9. The number of rotatable bonds is 3. The molecule has 0 aliphatic heterocycles. The summed E-state index contributed by atoms with van der Waals surface area (Å²) in [6, 6.07) is 58.2. The first kappa shape index (κ1) is 30.0. The summed E-state index contributed by atoms with van der Waals surface area (Å²) in [5.74, 6) is 0. The summed E-state index contributed by atoms with van der Waals surface area (Å²) in [6.07, 6.45) is 6.90. The van der Waals surface area contributed by atoms with E-state index in [2.05, 4.69) is 170 Å². The summed E-state index contributed by atoms with van der Waals surface area (Å²) in [5, 5.41) is 13.8. The number of allylic oxidation sites excluding steroid dienone is 1. The van der Waals surface area contributed by atoms with Crippen LogP contribution in [0.1, 0.15) is 16.9 Å². The van der Waals surface area contributed by atoms with E-state index in [0.29, 0.717) is 0 Å². The van der Waals surface area contributed by atoms with Gasteiger partial charge in [0.25, 0.3) is 0 Å². The van der Waals surface area contributed by atoms with E-state index >= 15 is 0 Å². The van der Waals surface area contributed by atoms with Crippen LogP contribution in [0.25, 0.3) is 115 Å². The lowest BCUT2D eigenvalue weighted by atomic mass is 9.85. The van der Waals surface area contributed by atoms with Crippen LogP contribution in [0.2, 0.25) is 0 Å². The van der Waals surface area contributed by atoms with Crippen LogP contribution in [0.5, 0.6) is 0 Å². The van der Waals surface area contributed by atoms with Gasteiger partial charge in [0.15, 0.2) is 0 Å². The topological polar surface area (TPSA) is 13.1 Å². The molecule has 1 nitrogen and oxygen atoms in total. The maximum atomic E-state index is 6.71. The van der Waals surface area contributed by atoms with Crippen molar-refractivity contribution in [2.24, 2.45) is 0 Å². The molecule has 0 bridgehead atoms. The zero-order valence-corrected chi connectivity index (χ0v) is 30.2. The second-order valence-electron chi connectivity index (χ2n) is 14.6. The molecule has 0 spiro atoms. The largest absolute Gasteiger partial charge is 0.456 e. The summed E-state index contributed by atoms with van der Waals surface area (Å²) in [6.45, 7) is 0. The quantitative estimate of drug-likeness (QED) is 0.167. The Balaban J connectivity index is 1.06. The second-order valence-corrected chi connectivity index (χ2v) is 15.8. The van der Waals surface area contributed by atoms with Crippen LogP contribution < -0.4 is 0 Å². The van der Waals surface area contributed by atoms with Gasteiger partial charge in [0.1, 0.15) is 11.2 Å². The minimum atomic E-state index is 0.920. The molecule has 252 valence electrons. The maximum absolute atomic E-state index is 6.71. The zero-order chi connectivity index (χ0) is 35.3. The van der Waals surface area contributed by atoms with Gasteiger partial charge < -0.3 is 4.42 Å². The Hall–Kier alpha value is -6.48. The highest BCUT2D eigenvalue weighted by Crippen LogP contribution is 2.47. The molecule has 1 aliphatic rings. The van der Waals surface area contributed by atoms with Crippen molar-refractivity contribution in [3.63, 3.8) is 0 Å². The molecule has 54 heavy (non-hydrogen) atoms. The van der Waals surface area contributed by atoms with Crippen molar-refractivity contribution < 1.29 is 4.42 Å². The van der Waals surface area contributed by atoms with Crippen LogP contribution in [0.4, 0.5) is 0 Å². The Labute approximate surface area is 316 Å². The smallest absolute Gasteiger partial charge is 0.136 e. The number of thiophene rings is 1. The van der Waals surface area contributed by atoms with Crippen LogP contribution in [0.15, 0.2) is 168 Å². The summed E-state index contributed by atoms with van der Waals surface area (Å²) in [5.41, 5.74) is 10.6. The molecule has 1 aliphatic carbocycles. The Bertz CT molecular complexity index is 3330. The van der Waals surface area contributed by atoms with Gasteiger partial charge in [-0.05, 0) is 131 Å². The third-order valence-electron chi connectivity index (χ3n) is 11.7. The van der Waals surface area contributed by atoms with Crippen LogP contribution >= 0.6 is 11.3 Å². The Morgan fingerprint density at radius 1 is 0.444 bits per heavy atom. The minimum absolute atomic E-state index is 0.920. The number of fused-ring (bicyclic) bond motifs is 11. The Morgan fingerprint density at radius 2 is 1.13 bits per heavy atom. The zero-order valence-electron chi connectivity index (χ0n) is 29.4. The molecule has 0 saturated carbocycles. The van der Waals surface area contributed by atoms with Crippen molar-refractivity contribution >= 4 is 92.5 Å². The predicted molar refractivity (Wildman–Crippen MR) is 233 cm³/mol. The maximum Gasteiger partial charge on any atom is 0.136 e. The second kappa shape index (κ2) is 11.5. The normalized spacial score (nSPS) is 13.0. The number of hydrogen-bond donors (Lipinski definition) is 0. The summed E-state index contributed by atoms with van der Waals surface area (Å²) in [4.78, 5) is 1.50. The first-order valence-electron chi connectivity index (χ1n) is 18.8. The lowest BCUT2D eigenvalue weighted by Gasteiger charge is -2.18. The van der Waals surface area contributed by atoms with E-state index in [1.54, 1.807) is 0 Å². The fourth-order valence-corrected chi connectivity index (χ4v) is 10.5. The van der Waals surface area contributed by atoms with E-state index in [9.17, 15) is 0 Å². The van der Waals surface area contributed by atoms with Crippen molar-refractivity contribution in [1.82, 2.24) is 0 Å². The van der Waals surface area contributed by atoms with E-state index in [0.717, 1.165) is 35.0 Å². The molecule has 0 atom stereocenters. The molecule has 0 radical (unpaired) electrons. The van der Waals surface area contributed by atoms with Gasteiger partial charge in [-0.25, -0.2) is 0 Å². The molecule has 11 aromatic rings. The molecule has 2 heterocycles. The van der Waals surface area contributed by atoms with Crippen LogP contribution in [0, 0.1) is 0 Å². The molecule has 0 unspecified atom stereocenters. The highest BCUT2D eigenvalue weighted by molar-refractivity contribution is 7.19. The molecule has 2 aromatic heterocycles. The Kier molecular flexibility index (Phi) is 6.40. The van der Waals surface area contributed by atoms with E-state index in [1.807, 2.05) is 11.3 Å². The number of aryl methyl sites for hydroxylation is 1. The van der Waals surface area contributed by atoms with Crippen molar-refractivity contribution in [3.8, 4) is 33.4 Å². The van der Waals surface area contributed by atoms with Crippen LogP contribution in [0.3, 0.4) is 0 Å². The van der Waals surface area contributed by atoms with Crippen molar-refractivity contribution in [3.05, 3.63) is 174 Å². The van der Waals surface area contributed by atoms with Crippen molar-refractivity contribution in [1.29, 1.82) is 0 Å². The number of furan rings is 1. The van der Waals surface area contributed by atoms with Crippen molar-refractivity contribution in [2.45, 2.75) is 12.8 Å². The third kappa shape index (κ3) is 4.38. The van der Waals surface area contributed by atoms with Gasteiger partial charge in [-0.15, -0.1) is 11.3 Å². The van der Waals surface area contributed by atoms with Gasteiger partial charge in [0.2, 0.25) is 0 Å². The van der Waals surface area contributed by atoms with Crippen molar-refractivity contribution in [2.75, 3.05) is 0 Å². The van der Waals surface area contributed by atoms with Gasteiger partial charge in [0, 0.05) is 25.7 Å². The standard InChI is InChI=1S/C52H32OS/c1-2-15-36-31(11-1)12-10-21-37(36)32-13-9-14-34(27-32)50-39-17-3-5-19-41(39)51(42-20-6-4-18-40(42)50)35-23-25-43-47(29-35)53-46-26-24-33-28-45-38-16-7-8-22-48(38)54-49(45)30-44(33)52(43)46/h1-7,9-21,23-30H,8,22H2. The average molecular weight is 705 g/mol. The van der Waals surface area contributed by atoms with Gasteiger partial charge in [0.05, 0.1) is 0 Å². The van der Waals surface area contributed by atoms with E-state index < -0.39 is 0 Å².